The molecule has 0 spiro atoms. The number of aliphatic hydroxyl groups is 1. The van der Waals surface area contributed by atoms with Crippen molar-refractivity contribution < 1.29 is 29.3 Å². The Labute approximate surface area is 181 Å². The summed E-state index contributed by atoms with van der Waals surface area (Å²) in [7, 11) is 1.57. The van der Waals surface area contributed by atoms with Gasteiger partial charge in [-0.1, -0.05) is 35.9 Å². The number of aryl methyl sites for hydroxylation is 1. The molecule has 1 unspecified atom stereocenters. The van der Waals surface area contributed by atoms with E-state index >= 15 is 0 Å². The number of nitrogens with zero attached hydrogens (tertiary/aromatic N) is 1. The predicted molar refractivity (Wildman–Crippen MR) is 116 cm³/mol. The van der Waals surface area contributed by atoms with Gasteiger partial charge in [0.1, 0.15) is 5.76 Å². The Morgan fingerprint density at radius 2 is 1.84 bits per heavy atom. The first-order valence-corrected chi connectivity index (χ1v) is 10.2. The van der Waals surface area contributed by atoms with E-state index < -0.39 is 17.7 Å². The number of methoxy groups -OCH3 is 1. The summed E-state index contributed by atoms with van der Waals surface area (Å²) in [5, 5.41) is 21.1. The van der Waals surface area contributed by atoms with Gasteiger partial charge in [0.25, 0.3) is 11.7 Å². The standard InChI is InChI=1S/C24H27NO6/c1-4-31-19-14-17(10-11-18(19)26)21-20(22(27)16-8-6-15(2)7-9-16)23(28)24(29)25(21)12-5-13-30-3/h6-11,14,21,26-27H,4-5,12-13H2,1-3H3. The number of ketones is 1. The number of phenols is 1. The normalized spacial score (nSPS) is 17.9. The van der Waals surface area contributed by atoms with Gasteiger partial charge in [-0.15, -0.1) is 0 Å². The molecule has 0 aromatic heterocycles. The molecule has 2 aromatic carbocycles. The SMILES string of the molecule is CCOc1cc(C2C(=C(O)c3ccc(C)cc3)C(=O)C(=O)N2CCCOC)ccc1O. The number of carbonyl (C=O) groups excluding carboxylic acids is 2. The maximum Gasteiger partial charge on any atom is 0.295 e. The minimum absolute atomic E-state index is 0.0133. The molecule has 7 heteroatoms. The fraction of sp³-hybridized carbons (Fsp3) is 0.333. The number of phenolic OH excluding ortho intramolecular Hbond substituents is 1. The van der Waals surface area contributed by atoms with Crippen LogP contribution in [0.5, 0.6) is 11.5 Å². The number of aliphatic hydroxyl groups excluding tert-OH is 1. The lowest BCUT2D eigenvalue weighted by molar-refractivity contribution is -0.140. The Balaban J connectivity index is 2.14. The molecular formula is C24H27NO6. The van der Waals surface area contributed by atoms with Crippen LogP contribution in [0.15, 0.2) is 48.0 Å². The highest BCUT2D eigenvalue weighted by molar-refractivity contribution is 6.46. The smallest absolute Gasteiger partial charge is 0.295 e. The molecule has 1 aliphatic heterocycles. The number of likely N-dealkylation sites (tertiary alicyclic amines) is 1. The zero-order valence-electron chi connectivity index (χ0n) is 17.9. The molecule has 1 fully saturated rings. The molecule has 7 nitrogen and oxygen atoms in total. The molecule has 0 saturated carbocycles. The van der Waals surface area contributed by atoms with Crippen LogP contribution in [0.1, 0.15) is 36.1 Å². The third-order valence-corrected chi connectivity index (χ3v) is 5.21. The first-order chi connectivity index (χ1) is 14.9. The zero-order chi connectivity index (χ0) is 22.5. The molecule has 2 aromatic rings. The first kappa shape index (κ1) is 22.4. The monoisotopic (exact) mass is 425 g/mol. The number of hydrogen-bond donors (Lipinski definition) is 2. The van der Waals surface area contributed by atoms with Crippen LogP contribution in [0.2, 0.25) is 0 Å². The van der Waals surface area contributed by atoms with E-state index in [1.54, 1.807) is 38.3 Å². The molecule has 1 atom stereocenters. The van der Waals surface area contributed by atoms with Crippen LogP contribution < -0.4 is 4.74 Å². The third kappa shape index (κ3) is 4.56. The van der Waals surface area contributed by atoms with E-state index in [4.69, 9.17) is 9.47 Å². The van der Waals surface area contributed by atoms with E-state index in [1.165, 1.54) is 11.0 Å². The maximum atomic E-state index is 13.0. The van der Waals surface area contributed by atoms with Crippen LogP contribution in [0.4, 0.5) is 0 Å². The highest BCUT2D eigenvalue weighted by Gasteiger charge is 2.46. The van der Waals surface area contributed by atoms with Gasteiger partial charge in [-0.05, 0) is 38.0 Å². The van der Waals surface area contributed by atoms with Gasteiger partial charge >= 0.3 is 0 Å². The van der Waals surface area contributed by atoms with Gasteiger partial charge in [0.2, 0.25) is 0 Å². The molecule has 0 radical (unpaired) electrons. The zero-order valence-corrected chi connectivity index (χ0v) is 17.9. The van der Waals surface area contributed by atoms with Crippen molar-refractivity contribution in [2.24, 2.45) is 0 Å². The number of hydrogen-bond acceptors (Lipinski definition) is 6. The van der Waals surface area contributed by atoms with Crippen molar-refractivity contribution in [3.8, 4) is 11.5 Å². The average Bonchev–Trinajstić information content (AvgIpc) is 3.01. The van der Waals surface area contributed by atoms with E-state index in [9.17, 15) is 19.8 Å². The molecule has 164 valence electrons. The van der Waals surface area contributed by atoms with Crippen LogP contribution >= 0.6 is 0 Å². The van der Waals surface area contributed by atoms with Gasteiger partial charge in [-0.25, -0.2) is 0 Å². The minimum Gasteiger partial charge on any atom is -0.507 e. The number of amides is 1. The van der Waals surface area contributed by atoms with Crippen molar-refractivity contribution in [2.45, 2.75) is 26.3 Å². The van der Waals surface area contributed by atoms with Gasteiger partial charge < -0.3 is 24.6 Å². The van der Waals surface area contributed by atoms with E-state index in [2.05, 4.69) is 0 Å². The summed E-state index contributed by atoms with van der Waals surface area (Å²) in [4.78, 5) is 27.3. The molecule has 1 heterocycles. The second-order valence-corrected chi connectivity index (χ2v) is 7.37. The van der Waals surface area contributed by atoms with Gasteiger partial charge in [0, 0.05) is 25.8 Å². The maximum absolute atomic E-state index is 13.0. The molecular weight excluding hydrogens is 398 g/mol. The number of aromatic hydroxyl groups is 1. The minimum atomic E-state index is -0.807. The summed E-state index contributed by atoms with van der Waals surface area (Å²) in [5.74, 6) is -1.45. The fourth-order valence-corrected chi connectivity index (χ4v) is 3.68. The lowest BCUT2D eigenvalue weighted by Crippen LogP contribution is -2.31. The fourth-order valence-electron chi connectivity index (χ4n) is 3.68. The van der Waals surface area contributed by atoms with Crippen molar-refractivity contribution in [1.29, 1.82) is 0 Å². The summed E-state index contributed by atoms with van der Waals surface area (Å²) < 4.78 is 10.6. The number of rotatable bonds is 8. The van der Waals surface area contributed by atoms with E-state index in [0.29, 0.717) is 30.8 Å². The summed E-state index contributed by atoms with van der Waals surface area (Å²) in [6.45, 7) is 4.76. The van der Waals surface area contributed by atoms with Crippen LogP contribution in [-0.4, -0.2) is 53.7 Å². The number of Topliss-reactive ketones (excluding diaryl/α,β-unsaturated/α-hetero) is 1. The van der Waals surface area contributed by atoms with Crippen molar-refractivity contribution in [2.75, 3.05) is 26.9 Å². The van der Waals surface area contributed by atoms with E-state index in [-0.39, 0.29) is 29.4 Å². The largest absolute Gasteiger partial charge is 0.507 e. The molecule has 0 bridgehead atoms. The van der Waals surface area contributed by atoms with E-state index in [1.807, 2.05) is 19.1 Å². The average molecular weight is 425 g/mol. The molecule has 1 saturated heterocycles. The van der Waals surface area contributed by atoms with Crippen LogP contribution in [0.3, 0.4) is 0 Å². The van der Waals surface area contributed by atoms with Crippen molar-refractivity contribution in [3.63, 3.8) is 0 Å². The highest BCUT2D eigenvalue weighted by atomic mass is 16.5. The quantitative estimate of drug-likeness (QED) is 0.291. The van der Waals surface area contributed by atoms with Crippen LogP contribution in [-0.2, 0) is 14.3 Å². The van der Waals surface area contributed by atoms with Gasteiger partial charge in [-0.2, -0.15) is 0 Å². The molecule has 0 aliphatic carbocycles. The number of carbonyl (C=O) groups is 2. The molecule has 3 rings (SSSR count). The second kappa shape index (κ2) is 9.66. The van der Waals surface area contributed by atoms with Gasteiger partial charge in [0.05, 0.1) is 18.2 Å². The van der Waals surface area contributed by atoms with Crippen molar-refractivity contribution in [1.82, 2.24) is 4.90 Å². The number of benzene rings is 2. The summed E-state index contributed by atoms with van der Waals surface area (Å²) >= 11 is 0. The highest BCUT2D eigenvalue weighted by Crippen LogP contribution is 2.41. The van der Waals surface area contributed by atoms with Gasteiger partial charge in [0.15, 0.2) is 11.5 Å². The van der Waals surface area contributed by atoms with Crippen molar-refractivity contribution in [3.05, 3.63) is 64.7 Å². The van der Waals surface area contributed by atoms with E-state index in [0.717, 1.165) is 5.56 Å². The predicted octanol–water partition coefficient (Wildman–Crippen LogP) is 3.56. The Bertz CT molecular complexity index is 996. The van der Waals surface area contributed by atoms with Gasteiger partial charge in [-0.3, -0.25) is 9.59 Å². The third-order valence-electron chi connectivity index (χ3n) is 5.21. The second-order valence-electron chi connectivity index (χ2n) is 7.37. The number of ether oxygens (including phenoxy) is 2. The molecule has 2 N–H and O–H groups in total. The van der Waals surface area contributed by atoms with Crippen LogP contribution in [0, 0.1) is 6.92 Å². The molecule has 1 aliphatic rings. The summed E-state index contributed by atoms with van der Waals surface area (Å²) in [5.41, 5.74) is 2.04. The Morgan fingerprint density at radius 1 is 1.13 bits per heavy atom. The summed E-state index contributed by atoms with van der Waals surface area (Å²) in [6, 6.07) is 10.9. The van der Waals surface area contributed by atoms with Crippen LogP contribution in [0.25, 0.3) is 5.76 Å². The Kier molecular flexibility index (Phi) is 6.97. The Hall–Kier alpha value is -3.32. The topological polar surface area (TPSA) is 96.3 Å². The lowest BCUT2D eigenvalue weighted by atomic mass is 9.94. The first-order valence-electron chi connectivity index (χ1n) is 10.2. The molecule has 31 heavy (non-hydrogen) atoms. The Morgan fingerprint density at radius 3 is 2.48 bits per heavy atom. The van der Waals surface area contributed by atoms with Crippen molar-refractivity contribution >= 4 is 17.4 Å². The lowest BCUT2D eigenvalue weighted by Gasteiger charge is -2.25. The molecule has 1 amide bonds. The summed E-state index contributed by atoms with van der Waals surface area (Å²) in [6.07, 6.45) is 0.529.